The Balaban J connectivity index is 2.41. The fourth-order valence-electron chi connectivity index (χ4n) is 2.01. The van der Waals surface area contributed by atoms with Crippen molar-refractivity contribution >= 4 is 55.4 Å². The minimum Gasteiger partial charge on any atom is -0.349 e. The van der Waals surface area contributed by atoms with Crippen molar-refractivity contribution in [2.45, 2.75) is 41.5 Å². The molecule has 0 unspecified atom stereocenters. The monoisotopic (exact) mass is 405 g/mol. The van der Waals surface area contributed by atoms with E-state index in [1.807, 2.05) is 34.6 Å². The van der Waals surface area contributed by atoms with Gasteiger partial charge in [-0.1, -0.05) is 32.1 Å². The Morgan fingerprint density at radius 1 is 1.26 bits per heavy atom. The van der Waals surface area contributed by atoms with Crippen LogP contribution in [0.15, 0.2) is 10.2 Å². The Morgan fingerprint density at radius 3 is 2.44 bits per heavy atom. The van der Waals surface area contributed by atoms with Gasteiger partial charge in [-0.2, -0.15) is 0 Å². The topological polar surface area (TPSA) is 87.2 Å². The molecular formula is C17H23N7OS2. The van der Waals surface area contributed by atoms with E-state index < -0.39 is 5.41 Å². The first-order valence-electron chi connectivity index (χ1n) is 8.53. The molecule has 2 aromatic rings. The average Bonchev–Trinajstić information content (AvgIpc) is 3.16. The van der Waals surface area contributed by atoms with Crippen LogP contribution < -0.4 is 10.2 Å². The molecule has 0 aliphatic rings. The number of aromatic nitrogens is 2. The molecule has 0 fully saturated rings. The highest BCUT2D eigenvalue weighted by Crippen LogP contribution is 2.41. The number of rotatable bonds is 6. The molecular weight excluding hydrogens is 382 g/mol. The third-order valence-electron chi connectivity index (χ3n) is 3.70. The standard InChI is InChI=1S/C17H23N7OS2/c1-8-24(9-2)16-20-12(19-15(25)17(4,5)6)14(26-16)22-21-13-11(18-7)10(3)23-27-13/h8-9H2,1-6H3,(H,19,25). The van der Waals surface area contributed by atoms with Crippen molar-refractivity contribution in [3.8, 4) is 0 Å². The van der Waals surface area contributed by atoms with Gasteiger partial charge in [0.25, 0.3) is 0 Å². The maximum absolute atomic E-state index is 12.4. The smallest absolute Gasteiger partial charge is 0.247 e. The summed E-state index contributed by atoms with van der Waals surface area (Å²) in [5, 5.41) is 13.0. The molecule has 1 amide bonds. The van der Waals surface area contributed by atoms with Gasteiger partial charge in [-0.25, -0.2) is 14.2 Å². The van der Waals surface area contributed by atoms with Crippen LogP contribution in [-0.2, 0) is 4.79 Å². The summed E-state index contributed by atoms with van der Waals surface area (Å²) in [5.74, 6) is 0.238. The van der Waals surface area contributed by atoms with Crippen molar-refractivity contribution in [2.24, 2.45) is 15.6 Å². The van der Waals surface area contributed by atoms with Gasteiger partial charge in [0, 0.05) is 18.5 Å². The molecule has 0 saturated carbocycles. The SMILES string of the molecule is [C-]#[N+]c1c(C)nsc1N=Nc1sc(N(CC)CC)nc1NC(=O)C(C)(C)C. The summed E-state index contributed by atoms with van der Waals surface area (Å²) >= 11 is 2.48. The molecule has 0 saturated heterocycles. The minimum absolute atomic E-state index is 0.147. The van der Waals surface area contributed by atoms with Crippen LogP contribution in [0.3, 0.4) is 0 Å². The molecule has 0 aromatic carbocycles. The third kappa shape index (κ3) is 4.87. The van der Waals surface area contributed by atoms with Gasteiger partial charge in [-0.15, -0.1) is 10.2 Å². The van der Waals surface area contributed by atoms with Gasteiger partial charge in [0.05, 0.1) is 12.3 Å². The number of carbonyl (C=O) groups is 1. The Kier molecular flexibility index (Phi) is 6.62. The van der Waals surface area contributed by atoms with E-state index in [0.29, 0.717) is 27.2 Å². The number of nitrogens with zero attached hydrogens (tertiary/aromatic N) is 6. The minimum atomic E-state index is -0.556. The zero-order valence-corrected chi connectivity index (χ0v) is 18.0. The average molecular weight is 406 g/mol. The zero-order valence-electron chi connectivity index (χ0n) is 16.3. The summed E-state index contributed by atoms with van der Waals surface area (Å²) in [7, 11) is 0. The van der Waals surface area contributed by atoms with Crippen molar-refractivity contribution in [2.75, 3.05) is 23.3 Å². The Morgan fingerprint density at radius 2 is 1.89 bits per heavy atom. The Labute approximate surface area is 167 Å². The maximum Gasteiger partial charge on any atom is 0.247 e. The fraction of sp³-hybridized carbons (Fsp3) is 0.529. The molecule has 0 spiro atoms. The predicted molar refractivity (Wildman–Crippen MR) is 111 cm³/mol. The van der Waals surface area contributed by atoms with E-state index in [4.69, 9.17) is 6.57 Å². The number of nitrogens with one attached hydrogen (secondary N) is 1. The normalized spacial score (nSPS) is 11.6. The van der Waals surface area contributed by atoms with Crippen LogP contribution in [0, 0.1) is 18.9 Å². The number of thiazole rings is 1. The summed E-state index contributed by atoms with van der Waals surface area (Å²) in [6, 6.07) is 0. The number of aryl methyl sites for hydroxylation is 1. The summed E-state index contributed by atoms with van der Waals surface area (Å²) in [5.41, 5.74) is 0.482. The number of anilines is 2. The van der Waals surface area contributed by atoms with E-state index in [1.54, 1.807) is 6.92 Å². The van der Waals surface area contributed by atoms with E-state index >= 15 is 0 Å². The molecule has 10 heteroatoms. The molecule has 0 aliphatic heterocycles. The van der Waals surface area contributed by atoms with E-state index in [-0.39, 0.29) is 5.91 Å². The van der Waals surface area contributed by atoms with Crippen LogP contribution in [0.2, 0.25) is 0 Å². The van der Waals surface area contributed by atoms with Crippen molar-refractivity contribution in [3.63, 3.8) is 0 Å². The molecule has 0 radical (unpaired) electrons. The first-order valence-corrected chi connectivity index (χ1v) is 10.1. The molecule has 2 rings (SSSR count). The van der Waals surface area contributed by atoms with Gasteiger partial charge < -0.3 is 10.2 Å². The van der Waals surface area contributed by atoms with Crippen LogP contribution in [0.5, 0.6) is 0 Å². The number of hydrogen-bond acceptors (Lipinski definition) is 8. The number of amides is 1. The predicted octanol–water partition coefficient (Wildman–Crippen LogP) is 5.71. The quantitative estimate of drug-likeness (QED) is 0.493. The van der Waals surface area contributed by atoms with Gasteiger partial charge in [0.15, 0.2) is 21.0 Å². The third-order valence-corrected chi connectivity index (χ3v) is 5.52. The fourth-order valence-corrected chi connectivity index (χ4v) is 3.65. The highest BCUT2D eigenvalue weighted by Gasteiger charge is 2.25. The van der Waals surface area contributed by atoms with Crippen LogP contribution in [0.1, 0.15) is 40.3 Å². The van der Waals surface area contributed by atoms with Crippen LogP contribution in [-0.4, -0.2) is 28.4 Å². The first-order chi connectivity index (χ1) is 12.7. The largest absolute Gasteiger partial charge is 0.349 e. The van der Waals surface area contributed by atoms with Gasteiger partial charge in [0.1, 0.15) is 0 Å². The molecule has 0 atom stereocenters. The van der Waals surface area contributed by atoms with Crippen LogP contribution in [0.25, 0.3) is 4.85 Å². The highest BCUT2D eigenvalue weighted by molar-refractivity contribution is 7.19. The lowest BCUT2D eigenvalue weighted by Crippen LogP contribution is -2.28. The molecule has 8 nitrogen and oxygen atoms in total. The van der Waals surface area contributed by atoms with E-state index in [2.05, 4.69) is 34.6 Å². The second-order valence-corrected chi connectivity index (χ2v) is 8.47. The second-order valence-electron chi connectivity index (χ2n) is 6.76. The lowest BCUT2D eigenvalue weighted by Gasteiger charge is -2.17. The van der Waals surface area contributed by atoms with Gasteiger partial charge in [-0.05, 0) is 32.3 Å². The maximum atomic E-state index is 12.4. The second kappa shape index (κ2) is 8.54. The van der Waals surface area contributed by atoms with Crippen LogP contribution >= 0.6 is 22.9 Å². The van der Waals surface area contributed by atoms with Crippen molar-refractivity contribution in [1.82, 2.24) is 9.36 Å². The number of hydrogen-bond donors (Lipinski definition) is 1. The molecule has 1 N–H and O–H groups in total. The summed E-state index contributed by atoms with van der Waals surface area (Å²) in [4.78, 5) is 22.5. The van der Waals surface area contributed by atoms with E-state index in [0.717, 1.165) is 29.8 Å². The first kappa shape index (κ1) is 20.9. The lowest BCUT2D eigenvalue weighted by molar-refractivity contribution is -0.123. The Bertz CT molecular complexity index is 882. The van der Waals surface area contributed by atoms with E-state index in [1.165, 1.54) is 11.3 Å². The summed E-state index contributed by atoms with van der Waals surface area (Å²) in [6.07, 6.45) is 0. The van der Waals surface area contributed by atoms with Gasteiger partial charge in [-0.3, -0.25) is 4.79 Å². The van der Waals surface area contributed by atoms with Crippen molar-refractivity contribution in [1.29, 1.82) is 0 Å². The highest BCUT2D eigenvalue weighted by atomic mass is 32.1. The molecule has 2 heterocycles. The summed E-state index contributed by atoms with van der Waals surface area (Å²) in [6.45, 7) is 20.2. The Hall–Kier alpha value is -2.38. The lowest BCUT2D eigenvalue weighted by atomic mass is 9.96. The van der Waals surface area contributed by atoms with Crippen LogP contribution in [0.4, 0.5) is 26.6 Å². The van der Waals surface area contributed by atoms with Crippen molar-refractivity contribution in [3.05, 3.63) is 17.1 Å². The molecule has 0 bridgehead atoms. The zero-order chi connectivity index (χ0) is 20.2. The van der Waals surface area contributed by atoms with Gasteiger partial charge in [0.2, 0.25) is 11.6 Å². The van der Waals surface area contributed by atoms with E-state index in [9.17, 15) is 4.79 Å². The molecule has 144 valence electrons. The molecule has 0 aliphatic carbocycles. The molecule has 27 heavy (non-hydrogen) atoms. The number of carbonyl (C=O) groups excluding carboxylic acids is 1. The van der Waals surface area contributed by atoms with Crippen molar-refractivity contribution < 1.29 is 4.79 Å². The molecule has 2 aromatic heterocycles. The summed E-state index contributed by atoms with van der Waals surface area (Å²) < 4.78 is 4.15. The number of azo groups is 1. The van der Waals surface area contributed by atoms with Gasteiger partial charge >= 0.3 is 0 Å².